The second-order valence-electron chi connectivity index (χ2n) is 21.8. The number of hydrogen-bond acceptors (Lipinski definition) is 12. The number of aryl methyl sites for hydroxylation is 6. The number of nitrogens with zero attached hydrogens (tertiary/aromatic N) is 8. The standard InChI is InChI=1S/C23H21N3O2.C22H19N3O2.C21H21N3O2/c1-25-19-9-3-2-8-18(19)24-22(25)17-13-15-12-14-6-4-10-26-11-5-7-16(20(14)26)21(15)28-23(17)27;26-22-16(21-23-17-7-1-2-8-18(17)24-21)12-14-11-13-5-3-9-25-10-4-6-15(19(13)25)20(14)27-22;1-4-24(5-2)15-11-10-14-12-16(21(25)26-19(14)13-15)20-22-17-8-6-7-9-18(17)23(20)3/h2-3,8-9,12-13H,4-7,10-11H2,1H3;1-2,7-8,11-12H,3-6,9-10H2,(H,23,24);6-13H,4-5H2,1-3H3. The Bertz CT molecular complexity index is 4630. The number of imidazole rings is 3. The summed E-state index contributed by atoms with van der Waals surface area (Å²) in [6, 6.07) is 39.8. The third kappa shape index (κ3) is 8.64. The zero-order valence-electron chi connectivity index (χ0n) is 46.0. The van der Waals surface area contributed by atoms with Gasteiger partial charge in [0.05, 0.1) is 33.1 Å². The van der Waals surface area contributed by atoms with Gasteiger partial charge in [-0.05, 0) is 155 Å². The largest absolute Gasteiger partial charge is 0.422 e. The number of benzene rings is 6. The number of para-hydroxylation sites is 6. The molecule has 0 aliphatic carbocycles. The average molecular weight is 1080 g/mol. The molecule has 16 rings (SSSR count). The van der Waals surface area contributed by atoms with Crippen LogP contribution in [0, 0.1) is 0 Å². The van der Waals surface area contributed by atoms with E-state index in [1.807, 2.05) is 126 Å². The Hall–Kier alpha value is -9.24. The van der Waals surface area contributed by atoms with Crippen LogP contribution in [0.1, 0.15) is 61.8 Å². The topological polar surface area (TPSA) is 165 Å². The summed E-state index contributed by atoms with van der Waals surface area (Å²) in [5, 5.41) is 2.91. The van der Waals surface area contributed by atoms with Crippen LogP contribution < -0.4 is 31.6 Å². The van der Waals surface area contributed by atoms with Crippen molar-refractivity contribution in [2.45, 2.75) is 65.2 Å². The quantitative estimate of drug-likeness (QED) is 0.157. The lowest BCUT2D eigenvalue weighted by atomic mass is 9.90. The zero-order chi connectivity index (χ0) is 55.0. The van der Waals surface area contributed by atoms with Gasteiger partial charge >= 0.3 is 16.9 Å². The van der Waals surface area contributed by atoms with Gasteiger partial charge in [-0.2, -0.15) is 0 Å². The van der Waals surface area contributed by atoms with Crippen LogP contribution in [-0.4, -0.2) is 68.3 Å². The van der Waals surface area contributed by atoms with E-state index in [1.54, 1.807) is 0 Å². The fourth-order valence-corrected chi connectivity index (χ4v) is 13.1. The van der Waals surface area contributed by atoms with Crippen molar-refractivity contribution < 1.29 is 13.3 Å². The van der Waals surface area contributed by atoms with Crippen LogP contribution in [0.25, 0.3) is 100 Å². The van der Waals surface area contributed by atoms with Gasteiger partial charge in [-0.1, -0.05) is 36.4 Å². The van der Waals surface area contributed by atoms with E-state index in [0.717, 1.165) is 144 Å². The Morgan fingerprint density at radius 1 is 0.506 bits per heavy atom. The Kier molecular flexibility index (Phi) is 12.4. The molecule has 15 heteroatoms. The summed E-state index contributed by atoms with van der Waals surface area (Å²) in [6.45, 7) is 10.5. The number of aromatic amines is 1. The lowest BCUT2D eigenvalue weighted by Gasteiger charge is -2.37. The minimum Gasteiger partial charge on any atom is -0.422 e. The maximum absolute atomic E-state index is 13.0. The van der Waals surface area contributed by atoms with Crippen LogP contribution in [0.15, 0.2) is 149 Å². The van der Waals surface area contributed by atoms with E-state index in [0.29, 0.717) is 39.7 Å². The summed E-state index contributed by atoms with van der Waals surface area (Å²) in [4.78, 5) is 62.7. The molecule has 6 aromatic carbocycles. The molecule has 0 saturated carbocycles. The normalized spacial score (nSPS) is 14.5. The Morgan fingerprint density at radius 3 is 1.53 bits per heavy atom. The van der Waals surface area contributed by atoms with Gasteiger partial charge in [-0.15, -0.1) is 0 Å². The minimum atomic E-state index is -0.368. The number of rotatable bonds is 6. The molecule has 81 heavy (non-hydrogen) atoms. The van der Waals surface area contributed by atoms with Crippen LogP contribution in [0.5, 0.6) is 0 Å². The summed E-state index contributed by atoms with van der Waals surface area (Å²) in [7, 11) is 3.86. The number of hydrogen-bond donors (Lipinski definition) is 1. The molecule has 0 bridgehead atoms. The number of fused-ring (bicyclic) bond motifs is 8. The van der Waals surface area contributed by atoms with Crippen molar-refractivity contribution in [3.8, 4) is 34.2 Å². The van der Waals surface area contributed by atoms with Crippen LogP contribution in [0.4, 0.5) is 17.1 Å². The minimum absolute atomic E-state index is 0.310. The predicted molar refractivity (Wildman–Crippen MR) is 323 cm³/mol. The van der Waals surface area contributed by atoms with Gasteiger partial charge in [0.1, 0.15) is 50.9 Å². The molecule has 12 aromatic rings. The molecule has 0 radical (unpaired) electrons. The number of H-pyrrole nitrogens is 1. The van der Waals surface area contributed by atoms with E-state index >= 15 is 0 Å². The maximum atomic E-state index is 13.0. The number of nitrogens with one attached hydrogen (secondary N) is 1. The second kappa shape index (κ2) is 20.1. The monoisotopic (exact) mass is 1080 g/mol. The predicted octanol–water partition coefficient (Wildman–Crippen LogP) is 12.3. The fraction of sp³-hybridized carbons (Fsp3) is 0.273. The van der Waals surface area contributed by atoms with Gasteiger partial charge in [0.25, 0.3) is 0 Å². The molecular formula is C66H61N9O6. The number of aromatic nitrogens is 6. The van der Waals surface area contributed by atoms with E-state index < -0.39 is 0 Å². The first-order chi connectivity index (χ1) is 39.6. The van der Waals surface area contributed by atoms with Crippen LogP contribution in [0.3, 0.4) is 0 Å². The third-order valence-corrected chi connectivity index (χ3v) is 17.0. The van der Waals surface area contributed by atoms with Gasteiger partial charge in [0, 0.05) is 104 Å². The average Bonchev–Trinajstić information content (AvgIpc) is 4.34. The van der Waals surface area contributed by atoms with Crippen molar-refractivity contribution in [3.05, 3.63) is 175 Å². The molecule has 4 aliphatic heterocycles. The molecular weight excluding hydrogens is 1010 g/mol. The Labute approximate surface area is 465 Å². The first kappa shape index (κ1) is 50.0. The molecule has 0 fully saturated rings. The molecule has 1 N–H and O–H groups in total. The SMILES string of the molecule is CCN(CC)c1ccc2cc(-c3nc4ccccc4n3C)c(=O)oc2c1.Cn1c(-c2cc3cc4c5c(c3oc2=O)CCCN5CCC4)nc2ccccc21.O=c1oc2c3c4c(cc2cc1-c1nc2ccccc2[nH]1)CCCN4CCC3. The second-order valence-corrected chi connectivity index (χ2v) is 21.8. The molecule has 406 valence electrons. The summed E-state index contributed by atoms with van der Waals surface area (Å²) in [5.74, 6) is 1.85. The van der Waals surface area contributed by atoms with Gasteiger partial charge < -0.3 is 42.1 Å². The molecule has 0 amide bonds. The van der Waals surface area contributed by atoms with Crippen LogP contribution >= 0.6 is 0 Å². The van der Waals surface area contributed by atoms with Crippen molar-refractivity contribution in [1.82, 2.24) is 29.1 Å². The van der Waals surface area contributed by atoms with Crippen LogP contribution in [0.2, 0.25) is 0 Å². The highest BCUT2D eigenvalue weighted by atomic mass is 16.4. The zero-order valence-corrected chi connectivity index (χ0v) is 46.0. The highest BCUT2D eigenvalue weighted by Crippen LogP contribution is 2.42. The molecule has 0 unspecified atom stereocenters. The van der Waals surface area contributed by atoms with Crippen molar-refractivity contribution in [2.24, 2.45) is 14.1 Å². The molecule has 4 aliphatic rings. The molecule has 0 spiro atoms. The highest BCUT2D eigenvalue weighted by Gasteiger charge is 2.30. The van der Waals surface area contributed by atoms with Crippen LogP contribution in [-0.2, 0) is 39.8 Å². The highest BCUT2D eigenvalue weighted by molar-refractivity contribution is 5.93. The Balaban J connectivity index is 0.000000109. The van der Waals surface area contributed by atoms with E-state index in [9.17, 15) is 14.4 Å². The molecule has 10 heterocycles. The van der Waals surface area contributed by atoms with Gasteiger partial charge in [0.2, 0.25) is 0 Å². The van der Waals surface area contributed by atoms with Gasteiger partial charge in [-0.3, -0.25) is 0 Å². The van der Waals surface area contributed by atoms with Gasteiger partial charge in [-0.25, -0.2) is 29.3 Å². The Morgan fingerprint density at radius 2 is 0.988 bits per heavy atom. The van der Waals surface area contributed by atoms with Crippen molar-refractivity contribution in [1.29, 1.82) is 0 Å². The molecule has 6 aromatic heterocycles. The number of anilines is 3. The first-order valence-electron chi connectivity index (χ1n) is 28.5. The lowest BCUT2D eigenvalue weighted by molar-refractivity contribution is 0.550. The summed E-state index contributed by atoms with van der Waals surface area (Å²) >= 11 is 0. The van der Waals surface area contributed by atoms with Gasteiger partial charge in [0.15, 0.2) is 0 Å². The first-order valence-corrected chi connectivity index (χ1v) is 28.5. The van der Waals surface area contributed by atoms with Crippen molar-refractivity contribution in [2.75, 3.05) is 54.0 Å². The summed E-state index contributed by atoms with van der Waals surface area (Å²) in [6.07, 6.45) is 8.73. The molecule has 0 atom stereocenters. The molecule has 0 saturated heterocycles. The van der Waals surface area contributed by atoms with E-state index in [1.165, 1.54) is 46.5 Å². The maximum Gasteiger partial charge on any atom is 0.347 e. The summed E-state index contributed by atoms with van der Waals surface area (Å²) in [5.41, 5.74) is 17.0. The smallest absolute Gasteiger partial charge is 0.347 e. The fourth-order valence-electron chi connectivity index (χ4n) is 13.1. The summed E-state index contributed by atoms with van der Waals surface area (Å²) < 4.78 is 21.3. The lowest BCUT2D eigenvalue weighted by Crippen LogP contribution is -2.34. The van der Waals surface area contributed by atoms with E-state index in [4.69, 9.17) is 18.2 Å². The third-order valence-electron chi connectivity index (χ3n) is 17.0. The van der Waals surface area contributed by atoms with E-state index in [-0.39, 0.29) is 16.9 Å². The molecule has 15 nitrogen and oxygen atoms in total. The van der Waals surface area contributed by atoms with E-state index in [2.05, 4.69) is 61.7 Å². The van der Waals surface area contributed by atoms with Crippen molar-refractivity contribution in [3.63, 3.8) is 0 Å². The van der Waals surface area contributed by atoms with Crippen molar-refractivity contribution >= 4 is 83.1 Å².